The number of amides is 1. The third kappa shape index (κ3) is 2.80. The summed E-state index contributed by atoms with van der Waals surface area (Å²) in [5.41, 5.74) is -0.235. The lowest BCUT2D eigenvalue weighted by Crippen LogP contribution is -2.44. The maximum atomic E-state index is 13.6. The van der Waals surface area contributed by atoms with Crippen molar-refractivity contribution in [3.63, 3.8) is 0 Å². The molecule has 0 saturated carbocycles. The standard InChI is InChI=1S/C26H22N2O3/c27-18-24-17-25(21-12-6-2-7-13-21,22-14-8-3-9-15-22)31-26(24,30)19-28(23(24)29)16-20-10-4-1-5-11-20/h1-15,30H,16-17,19H2/t24-,26-/m1/s1. The van der Waals surface area contributed by atoms with Crippen molar-refractivity contribution in [2.45, 2.75) is 24.4 Å². The minimum atomic E-state index is -1.92. The number of aliphatic hydroxyl groups is 1. The van der Waals surface area contributed by atoms with Gasteiger partial charge < -0.3 is 14.7 Å². The lowest BCUT2D eigenvalue weighted by Gasteiger charge is -2.33. The fraction of sp³-hybridized carbons (Fsp3) is 0.231. The van der Waals surface area contributed by atoms with Gasteiger partial charge in [0.05, 0.1) is 12.6 Å². The van der Waals surface area contributed by atoms with Crippen molar-refractivity contribution in [3.8, 4) is 6.07 Å². The Balaban J connectivity index is 1.59. The first-order chi connectivity index (χ1) is 15.0. The van der Waals surface area contributed by atoms with E-state index in [4.69, 9.17) is 4.74 Å². The number of benzene rings is 3. The summed E-state index contributed by atoms with van der Waals surface area (Å²) in [4.78, 5) is 15.1. The monoisotopic (exact) mass is 410 g/mol. The van der Waals surface area contributed by atoms with Gasteiger partial charge in [-0.05, 0) is 16.7 Å². The number of carbonyl (C=O) groups excluding carboxylic acids is 1. The molecule has 0 unspecified atom stereocenters. The number of fused-ring (bicyclic) bond motifs is 1. The van der Waals surface area contributed by atoms with Gasteiger partial charge in [-0.1, -0.05) is 91.0 Å². The van der Waals surface area contributed by atoms with Crippen LogP contribution in [-0.2, 0) is 21.7 Å². The van der Waals surface area contributed by atoms with Gasteiger partial charge in [-0.15, -0.1) is 0 Å². The van der Waals surface area contributed by atoms with Crippen molar-refractivity contribution >= 4 is 5.91 Å². The molecule has 0 radical (unpaired) electrons. The van der Waals surface area contributed by atoms with Crippen LogP contribution in [-0.4, -0.2) is 28.2 Å². The average molecular weight is 410 g/mol. The highest BCUT2D eigenvalue weighted by Gasteiger charge is 2.75. The predicted molar refractivity (Wildman–Crippen MR) is 114 cm³/mol. The number of ether oxygens (including phenoxy) is 1. The first-order valence-electron chi connectivity index (χ1n) is 10.3. The molecule has 0 aromatic heterocycles. The molecule has 0 spiro atoms. The van der Waals surface area contributed by atoms with Crippen molar-refractivity contribution in [2.24, 2.45) is 5.41 Å². The van der Waals surface area contributed by atoms with E-state index in [9.17, 15) is 15.2 Å². The van der Waals surface area contributed by atoms with E-state index in [1.165, 1.54) is 4.90 Å². The highest BCUT2D eigenvalue weighted by Crippen LogP contribution is 2.60. The molecular weight excluding hydrogens is 388 g/mol. The molecule has 1 N–H and O–H groups in total. The first-order valence-corrected chi connectivity index (χ1v) is 10.3. The van der Waals surface area contributed by atoms with E-state index in [0.29, 0.717) is 6.54 Å². The van der Waals surface area contributed by atoms with Crippen LogP contribution >= 0.6 is 0 Å². The molecule has 2 fully saturated rings. The summed E-state index contributed by atoms with van der Waals surface area (Å²) in [5.74, 6) is -2.31. The second kappa shape index (κ2) is 7.05. The van der Waals surface area contributed by atoms with E-state index in [1.54, 1.807) is 0 Å². The summed E-state index contributed by atoms with van der Waals surface area (Å²) in [7, 11) is 0. The molecule has 154 valence electrons. The molecule has 2 heterocycles. The van der Waals surface area contributed by atoms with Crippen molar-refractivity contribution in [1.29, 1.82) is 5.26 Å². The molecule has 3 aromatic carbocycles. The number of hydrogen-bond donors (Lipinski definition) is 1. The number of nitriles is 1. The molecule has 5 heteroatoms. The maximum absolute atomic E-state index is 13.6. The van der Waals surface area contributed by atoms with Gasteiger partial charge in [-0.3, -0.25) is 4.79 Å². The summed E-state index contributed by atoms with van der Waals surface area (Å²) in [5, 5.41) is 21.9. The number of nitrogens with zero attached hydrogens (tertiary/aromatic N) is 2. The summed E-state index contributed by atoms with van der Waals surface area (Å²) in [6, 6.07) is 30.7. The highest BCUT2D eigenvalue weighted by atomic mass is 16.7. The number of β-amino-alcohol motifs (C(OH)–C–C–N with tert-alkyl or cyclic N) is 1. The van der Waals surface area contributed by atoms with Crippen molar-refractivity contribution < 1.29 is 14.6 Å². The van der Waals surface area contributed by atoms with Gasteiger partial charge in [0.15, 0.2) is 5.41 Å². The Morgan fingerprint density at radius 2 is 1.42 bits per heavy atom. The Bertz CT molecular complexity index is 1100. The molecule has 3 aromatic rings. The lowest BCUT2D eigenvalue weighted by molar-refractivity contribution is -0.229. The van der Waals surface area contributed by atoms with E-state index in [2.05, 4.69) is 6.07 Å². The number of likely N-dealkylation sites (tertiary alicyclic amines) is 1. The summed E-state index contributed by atoms with van der Waals surface area (Å²) in [6.45, 7) is 0.258. The van der Waals surface area contributed by atoms with Crippen molar-refractivity contribution in [2.75, 3.05) is 6.54 Å². The first kappa shape index (κ1) is 19.5. The smallest absolute Gasteiger partial charge is 0.249 e. The Morgan fingerprint density at radius 1 is 0.903 bits per heavy atom. The van der Waals surface area contributed by atoms with Crippen LogP contribution in [0.4, 0.5) is 0 Å². The second-order valence-corrected chi connectivity index (χ2v) is 8.29. The third-order valence-corrected chi connectivity index (χ3v) is 6.47. The van der Waals surface area contributed by atoms with Gasteiger partial charge in [-0.2, -0.15) is 5.26 Å². The minimum Gasteiger partial charge on any atom is -0.362 e. The Labute approximate surface area is 181 Å². The molecule has 1 amide bonds. The van der Waals surface area contributed by atoms with Crippen molar-refractivity contribution in [3.05, 3.63) is 108 Å². The van der Waals surface area contributed by atoms with Gasteiger partial charge in [0.25, 0.3) is 0 Å². The number of carbonyl (C=O) groups is 1. The molecule has 31 heavy (non-hydrogen) atoms. The van der Waals surface area contributed by atoms with Gasteiger partial charge >= 0.3 is 0 Å². The fourth-order valence-corrected chi connectivity index (χ4v) is 4.94. The molecule has 2 aliphatic heterocycles. The number of rotatable bonds is 4. The molecular formula is C26H22N2O3. The Hall–Kier alpha value is -3.46. The quantitative estimate of drug-likeness (QED) is 0.713. The molecule has 5 nitrogen and oxygen atoms in total. The van der Waals surface area contributed by atoms with Crippen LogP contribution in [0.3, 0.4) is 0 Å². The molecule has 2 aliphatic rings. The van der Waals surface area contributed by atoms with Crippen LogP contribution in [0, 0.1) is 16.7 Å². The van der Waals surface area contributed by atoms with Crippen LogP contribution in [0.1, 0.15) is 23.1 Å². The zero-order valence-electron chi connectivity index (χ0n) is 16.9. The summed E-state index contributed by atoms with van der Waals surface area (Å²) >= 11 is 0. The van der Waals surface area contributed by atoms with Crippen LogP contribution in [0.2, 0.25) is 0 Å². The predicted octanol–water partition coefficient (Wildman–Crippen LogP) is 3.59. The van der Waals surface area contributed by atoms with Gasteiger partial charge in [0.2, 0.25) is 11.7 Å². The van der Waals surface area contributed by atoms with E-state index in [0.717, 1.165) is 16.7 Å². The lowest BCUT2D eigenvalue weighted by atomic mass is 9.73. The molecule has 0 bridgehead atoms. The van der Waals surface area contributed by atoms with Crippen LogP contribution in [0.25, 0.3) is 0 Å². The molecule has 0 aliphatic carbocycles. The minimum absolute atomic E-state index is 0.0468. The van der Waals surface area contributed by atoms with E-state index < -0.39 is 22.7 Å². The third-order valence-electron chi connectivity index (χ3n) is 6.47. The average Bonchev–Trinajstić information content (AvgIpc) is 3.20. The van der Waals surface area contributed by atoms with E-state index >= 15 is 0 Å². The van der Waals surface area contributed by atoms with E-state index in [-0.39, 0.29) is 13.0 Å². The summed E-state index contributed by atoms with van der Waals surface area (Å²) in [6.07, 6.45) is 0.0468. The Morgan fingerprint density at radius 3 is 1.90 bits per heavy atom. The van der Waals surface area contributed by atoms with Crippen molar-refractivity contribution in [1.82, 2.24) is 4.90 Å². The normalized spacial score (nSPS) is 26.5. The Kier molecular flexibility index (Phi) is 4.44. The highest BCUT2D eigenvalue weighted by molar-refractivity contribution is 5.90. The molecule has 5 rings (SSSR count). The fourth-order valence-electron chi connectivity index (χ4n) is 4.94. The van der Waals surface area contributed by atoms with Crippen LogP contribution in [0.15, 0.2) is 91.0 Å². The van der Waals surface area contributed by atoms with E-state index in [1.807, 2.05) is 91.0 Å². The van der Waals surface area contributed by atoms with Crippen LogP contribution in [0.5, 0.6) is 0 Å². The second-order valence-electron chi connectivity index (χ2n) is 8.29. The SMILES string of the molecule is N#C[C@@]12CC(c3ccccc3)(c3ccccc3)O[C@]1(O)CN(Cc1ccccc1)C2=O. The zero-order chi connectivity index (χ0) is 21.5. The van der Waals surface area contributed by atoms with Gasteiger partial charge in [-0.25, -0.2) is 0 Å². The largest absolute Gasteiger partial charge is 0.362 e. The van der Waals surface area contributed by atoms with Gasteiger partial charge in [0.1, 0.15) is 5.60 Å². The summed E-state index contributed by atoms with van der Waals surface area (Å²) < 4.78 is 6.44. The van der Waals surface area contributed by atoms with Gasteiger partial charge in [0, 0.05) is 13.0 Å². The zero-order valence-corrected chi connectivity index (χ0v) is 16.9. The van der Waals surface area contributed by atoms with Crippen LogP contribution < -0.4 is 0 Å². The molecule has 2 atom stereocenters. The molecule has 2 saturated heterocycles. The maximum Gasteiger partial charge on any atom is 0.249 e. The number of hydrogen-bond acceptors (Lipinski definition) is 4. The topological polar surface area (TPSA) is 73.6 Å².